The average molecular weight is 301 g/mol. The highest BCUT2D eigenvalue weighted by Crippen LogP contribution is 2.44. The minimum atomic E-state index is -0.250. The summed E-state index contributed by atoms with van der Waals surface area (Å²) in [5, 5.41) is 13.9. The number of rotatable bonds is 5. The molecule has 0 amide bonds. The largest absolute Gasteiger partial charge is 0.392 e. The van der Waals surface area contributed by atoms with Gasteiger partial charge in [0.25, 0.3) is 0 Å². The molecule has 1 fully saturated rings. The van der Waals surface area contributed by atoms with E-state index >= 15 is 0 Å². The van der Waals surface area contributed by atoms with E-state index in [9.17, 15) is 5.11 Å². The normalized spacial score (nSPS) is 18.8. The van der Waals surface area contributed by atoms with Crippen LogP contribution in [0.5, 0.6) is 0 Å². The molecule has 3 heteroatoms. The van der Waals surface area contributed by atoms with Crippen molar-refractivity contribution in [3.05, 3.63) is 40.7 Å². The molecule has 1 aromatic heterocycles. The highest BCUT2D eigenvalue weighted by molar-refractivity contribution is 7.09. The molecule has 0 saturated heterocycles. The number of aromatic nitrogens is 1. The SMILES string of the molecule is CCC1(C(O)Cc2nc(-c3ccccc3)cs2)CCCC1. The molecule has 1 unspecified atom stereocenters. The highest BCUT2D eigenvalue weighted by atomic mass is 32.1. The van der Waals surface area contributed by atoms with Crippen LogP contribution in [0.2, 0.25) is 0 Å². The second-order valence-corrected chi connectivity index (χ2v) is 7.08. The van der Waals surface area contributed by atoms with Crippen molar-refractivity contribution in [1.29, 1.82) is 0 Å². The van der Waals surface area contributed by atoms with Crippen molar-refractivity contribution in [1.82, 2.24) is 4.98 Å². The van der Waals surface area contributed by atoms with Crippen LogP contribution in [0.25, 0.3) is 11.3 Å². The van der Waals surface area contributed by atoms with Crippen molar-refractivity contribution in [2.24, 2.45) is 5.41 Å². The fraction of sp³-hybridized carbons (Fsp3) is 0.500. The lowest BCUT2D eigenvalue weighted by molar-refractivity contribution is 0.0257. The third-order valence-electron chi connectivity index (χ3n) is 5.00. The molecule has 112 valence electrons. The van der Waals surface area contributed by atoms with Gasteiger partial charge in [0, 0.05) is 17.4 Å². The maximum absolute atomic E-state index is 10.7. The molecule has 0 bridgehead atoms. The van der Waals surface area contributed by atoms with Gasteiger partial charge in [0.1, 0.15) is 0 Å². The van der Waals surface area contributed by atoms with E-state index < -0.39 is 0 Å². The van der Waals surface area contributed by atoms with E-state index in [-0.39, 0.29) is 11.5 Å². The lowest BCUT2D eigenvalue weighted by atomic mass is 9.77. The molecule has 2 nitrogen and oxygen atoms in total. The van der Waals surface area contributed by atoms with Crippen LogP contribution in [0.15, 0.2) is 35.7 Å². The van der Waals surface area contributed by atoms with Crippen LogP contribution in [0.1, 0.15) is 44.0 Å². The van der Waals surface area contributed by atoms with E-state index in [1.165, 1.54) is 25.7 Å². The van der Waals surface area contributed by atoms with E-state index in [0.717, 1.165) is 22.7 Å². The van der Waals surface area contributed by atoms with Gasteiger partial charge in [-0.05, 0) is 24.7 Å². The summed E-state index contributed by atoms with van der Waals surface area (Å²) in [6.45, 7) is 2.21. The first-order valence-electron chi connectivity index (χ1n) is 7.91. The number of thiazole rings is 1. The van der Waals surface area contributed by atoms with Gasteiger partial charge in [-0.1, -0.05) is 50.1 Å². The first-order chi connectivity index (χ1) is 10.2. The van der Waals surface area contributed by atoms with Crippen LogP contribution < -0.4 is 0 Å². The number of aliphatic hydroxyl groups is 1. The monoisotopic (exact) mass is 301 g/mol. The third-order valence-corrected chi connectivity index (χ3v) is 5.87. The number of nitrogens with zero attached hydrogens (tertiary/aromatic N) is 1. The maximum Gasteiger partial charge on any atom is 0.0958 e. The van der Waals surface area contributed by atoms with Gasteiger partial charge < -0.3 is 5.11 Å². The molecule has 1 aliphatic rings. The molecule has 0 aliphatic heterocycles. The van der Waals surface area contributed by atoms with Crippen LogP contribution in [0.3, 0.4) is 0 Å². The maximum atomic E-state index is 10.7. The molecule has 21 heavy (non-hydrogen) atoms. The molecular weight excluding hydrogens is 278 g/mol. The second kappa shape index (κ2) is 6.29. The van der Waals surface area contributed by atoms with E-state index in [4.69, 9.17) is 4.98 Å². The second-order valence-electron chi connectivity index (χ2n) is 6.14. The van der Waals surface area contributed by atoms with Crippen LogP contribution in [0.4, 0.5) is 0 Å². The summed E-state index contributed by atoms with van der Waals surface area (Å²) in [5.74, 6) is 0. The van der Waals surface area contributed by atoms with Gasteiger partial charge in [-0.2, -0.15) is 0 Å². The van der Waals surface area contributed by atoms with Crippen molar-refractivity contribution in [3.8, 4) is 11.3 Å². The molecule has 3 rings (SSSR count). The predicted octanol–water partition coefficient (Wildman–Crippen LogP) is 4.68. The summed E-state index contributed by atoms with van der Waals surface area (Å²) in [7, 11) is 0. The lowest BCUT2D eigenvalue weighted by Gasteiger charge is -2.32. The standard InChI is InChI=1S/C18H23NOS/c1-2-18(10-6-7-11-18)16(20)12-17-19-15(13-21-17)14-8-4-3-5-9-14/h3-5,8-9,13,16,20H,2,6-7,10-12H2,1H3. The van der Waals surface area contributed by atoms with Gasteiger partial charge >= 0.3 is 0 Å². The summed E-state index contributed by atoms with van der Waals surface area (Å²) in [6, 6.07) is 10.3. The number of hydrogen-bond acceptors (Lipinski definition) is 3. The fourth-order valence-electron chi connectivity index (χ4n) is 3.53. The molecule has 1 aromatic carbocycles. The van der Waals surface area contributed by atoms with Crippen LogP contribution in [-0.4, -0.2) is 16.2 Å². The van der Waals surface area contributed by atoms with Gasteiger partial charge in [0.15, 0.2) is 0 Å². The Morgan fingerprint density at radius 2 is 1.95 bits per heavy atom. The fourth-order valence-corrected chi connectivity index (χ4v) is 4.37. The Kier molecular flexibility index (Phi) is 4.41. The Morgan fingerprint density at radius 1 is 1.24 bits per heavy atom. The van der Waals surface area contributed by atoms with Crippen molar-refractivity contribution in [2.45, 2.75) is 51.6 Å². The zero-order valence-electron chi connectivity index (χ0n) is 12.6. The van der Waals surface area contributed by atoms with Crippen molar-refractivity contribution in [2.75, 3.05) is 0 Å². The summed E-state index contributed by atoms with van der Waals surface area (Å²) in [6.07, 6.45) is 6.38. The molecule has 1 saturated carbocycles. The number of benzene rings is 1. The topological polar surface area (TPSA) is 33.1 Å². The van der Waals surface area contributed by atoms with Crippen molar-refractivity contribution < 1.29 is 5.11 Å². The highest BCUT2D eigenvalue weighted by Gasteiger charge is 2.39. The Morgan fingerprint density at radius 3 is 2.62 bits per heavy atom. The summed E-state index contributed by atoms with van der Waals surface area (Å²) >= 11 is 1.67. The molecule has 1 aliphatic carbocycles. The van der Waals surface area contributed by atoms with Crippen molar-refractivity contribution >= 4 is 11.3 Å². The molecule has 2 aromatic rings. The van der Waals surface area contributed by atoms with Gasteiger partial charge in [-0.25, -0.2) is 4.98 Å². The van der Waals surface area contributed by atoms with Gasteiger partial charge in [0.2, 0.25) is 0 Å². The molecule has 1 atom stereocenters. The predicted molar refractivity (Wildman–Crippen MR) is 88.5 cm³/mol. The van der Waals surface area contributed by atoms with E-state index in [2.05, 4.69) is 24.4 Å². The average Bonchev–Trinajstić information content (AvgIpc) is 3.18. The Labute approximate surface area is 130 Å². The zero-order valence-corrected chi connectivity index (χ0v) is 13.4. The van der Waals surface area contributed by atoms with Crippen LogP contribution in [-0.2, 0) is 6.42 Å². The number of hydrogen-bond donors (Lipinski definition) is 1. The summed E-state index contributed by atoms with van der Waals surface area (Å²) < 4.78 is 0. The Balaban J connectivity index is 1.72. The third kappa shape index (κ3) is 3.04. The van der Waals surface area contributed by atoms with Gasteiger partial charge in [-0.3, -0.25) is 0 Å². The molecule has 0 radical (unpaired) electrons. The first kappa shape index (κ1) is 14.7. The quantitative estimate of drug-likeness (QED) is 0.869. The molecular formula is C18H23NOS. The van der Waals surface area contributed by atoms with Gasteiger partial charge in [0.05, 0.1) is 16.8 Å². The molecule has 1 N–H and O–H groups in total. The Hall–Kier alpha value is -1.19. The smallest absolute Gasteiger partial charge is 0.0958 e. The van der Waals surface area contributed by atoms with Crippen LogP contribution in [0, 0.1) is 5.41 Å². The number of aliphatic hydroxyl groups excluding tert-OH is 1. The summed E-state index contributed by atoms with van der Waals surface area (Å²) in [4.78, 5) is 4.72. The van der Waals surface area contributed by atoms with E-state index in [1.54, 1.807) is 11.3 Å². The lowest BCUT2D eigenvalue weighted by Crippen LogP contribution is -2.33. The minimum Gasteiger partial charge on any atom is -0.392 e. The summed E-state index contributed by atoms with van der Waals surface area (Å²) in [5.41, 5.74) is 2.32. The Bertz CT molecular complexity index is 572. The zero-order chi connectivity index (χ0) is 14.7. The molecule has 0 spiro atoms. The van der Waals surface area contributed by atoms with Crippen molar-refractivity contribution in [3.63, 3.8) is 0 Å². The van der Waals surface area contributed by atoms with E-state index in [1.807, 2.05) is 18.2 Å². The minimum absolute atomic E-state index is 0.137. The molecule has 1 heterocycles. The van der Waals surface area contributed by atoms with Crippen LogP contribution >= 0.6 is 11.3 Å². The van der Waals surface area contributed by atoms with E-state index in [0.29, 0.717) is 6.42 Å². The van der Waals surface area contributed by atoms with Gasteiger partial charge in [-0.15, -0.1) is 11.3 Å². The first-order valence-corrected chi connectivity index (χ1v) is 8.79.